The normalized spacial score (nSPS) is 17.8. The Bertz CT molecular complexity index is 484. The Morgan fingerprint density at radius 2 is 2.35 bits per heavy atom. The van der Waals surface area contributed by atoms with Gasteiger partial charge in [0.2, 0.25) is 0 Å². The molecule has 1 aliphatic rings. The van der Waals surface area contributed by atoms with Gasteiger partial charge in [-0.2, -0.15) is 0 Å². The summed E-state index contributed by atoms with van der Waals surface area (Å²) in [5.41, 5.74) is 1.23. The lowest BCUT2D eigenvalue weighted by Gasteiger charge is -2.10. The van der Waals surface area contributed by atoms with Gasteiger partial charge >= 0.3 is 0 Å². The molecule has 1 unspecified atom stereocenters. The Kier molecular flexibility index (Phi) is 6.00. The molecule has 3 nitrogen and oxygen atoms in total. The van der Waals surface area contributed by atoms with E-state index in [1.807, 2.05) is 0 Å². The summed E-state index contributed by atoms with van der Waals surface area (Å²) in [4.78, 5) is 0. The van der Waals surface area contributed by atoms with Gasteiger partial charge in [-0.25, -0.2) is 4.39 Å². The third-order valence-corrected chi connectivity index (χ3v) is 3.09. The molecule has 0 radical (unpaired) electrons. The van der Waals surface area contributed by atoms with E-state index in [-0.39, 0.29) is 18.5 Å². The van der Waals surface area contributed by atoms with E-state index in [1.54, 1.807) is 12.1 Å². The molecule has 1 atom stereocenters. The van der Waals surface area contributed by atoms with Gasteiger partial charge in [0.25, 0.3) is 0 Å². The fourth-order valence-electron chi connectivity index (χ4n) is 2.06. The van der Waals surface area contributed by atoms with Gasteiger partial charge in [-0.1, -0.05) is 17.9 Å². The molecule has 0 bridgehead atoms. The SMILES string of the molecule is OCCC#Cc1cc(COCC2CCCO2)ccc1F. The molecule has 1 aliphatic heterocycles. The Morgan fingerprint density at radius 1 is 1.45 bits per heavy atom. The first-order valence-corrected chi connectivity index (χ1v) is 6.87. The van der Waals surface area contributed by atoms with Crippen LogP contribution in [-0.2, 0) is 16.1 Å². The molecule has 4 heteroatoms. The average Bonchev–Trinajstić information content (AvgIpc) is 2.95. The van der Waals surface area contributed by atoms with E-state index in [4.69, 9.17) is 14.6 Å². The Labute approximate surface area is 118 Å². The minimum Gasteiger partial charge on any atom is -0.395 e. The van der Waals surface area contributed by atoms with E-state index in [0.29, 0.717) is 25.2 Å². The molecule has 0 aromatic heterocycles. The van der Waals surface area contributed by atoms with Crippen LogP contribution in [0.25, 0.3) is 0 Å². The maximum absolute atomic E-state index is 13.5. The van der Waals surface area contributed by atoms with Gasteiger partial charge in [-0.3, -0.25) is 0 Å². The molecule has 0 amide bonds. The van der Waals surface area contributed by atoms with Crippen LogP contribution >= 0.6 is 0 Å². The molecule has 1 N–H and O–H groups in total. The zero-order valence-electron chi connectivity index (χ0n) is 11.4. The molecule has 0 spiro atoms. The van der Waals surface area contributed by atoms with Crippen molar-refractivity contribution in [1.82, 2.24) is 0 Å². The van der Waals surface area contributed by atoms with Crippen LogP contribution in [0, 0.1) is 17.7 Å². The quantitative estimate of drug-likeness (QED) is 0.840. The second kappa shape index (κ2) is 8.01. The number of benzene rings is 1. The minimum atomic E-state index is -0.349. The van der Waals surface area contributed by atoms with Gasteiger partial charge in [0, 0.05) is 13.0 Å². The van der Waals surface area contributed by atoms with Gasteiger partial charge in [-0.05, 0) is 30.5 Å². The van der Waals surface area contributed by atoms with Crippen molar-refractivity contribution in [3.8, 4) is 11.8 Å². The van der Waals surface area contributed by atoms with Gasteiger partial charge in [-0.15, -0.1) is 0 Å². The summed E-state index contributed by atoms with van der Waals surface area (Å²) in [6.07, 6.45) is 2.68. The fourth-order valence-corrected chi connectivity index (χ4v) is 2.06. The molecular weight excluding hydrogens is 259 g/mol. The van der Waals surface area contributed by atoms with Gasteiger partial charge in [0.1, 0.15) is 5.82 Å². The van der Waals surface area contributed by atoms with E-state index in [0.717, 1.165) is 25.0 Å². The summed E-state index contributed by atoms with van der Waals surface area (Å²) >= 11 is 0. The molecular formula is C16H19FO3. The van der Waals surface area contributed by atoms with Crippen molar-refractivity contribution in [2.75, 3.05) is 19.8 Å². The highest BCUT2D eigenvalue weighted by Gasteiger charge is 2.15. The standard InChI is InChI=1S/C16H19FO3/c17-16-7-6-13(10-14(16)4-1-2-8-18)11-19-12-15-5-3-9-20-15/h6-7,10,15,18H,2-3,5,8-9,11-12H2. The van der Waals surface area contributed by atoms with Crippen LogP contribution < -0.4 is 0 Å². The van der Waals surface area contributed by atoms with E-state index in [9.17, 15) is 4.39 Å². The van der Waals surface area contributed by atoms with Crippen LogP contribution in [0.2, 0.25) is 0 Å². The number of halogens is 1. The third kappa shape index (κ3) is 4.61. The highest BCUT2D eigenvalue weighted by atomic mass is 19.1. The second-order valence-electron chi connectivity index (χ2n) is 4.74. The second-order valence-corrected chi connectivity index (χ2v) is 4.74. The molecule has 20 heavy (non-hydrogen) atoms. The summed E-state index contributed by atoms with van der Waals surface area (Å²) in [5.74, 6) is 5.09. The summed E-state index contributed by atoms with van der Waals surface area (Å²) in [5, 5.41) is 8.66. The molecule has 1 fully saturated rings. The first kappa shape index (κ1) is 15.0. The van der Waals surface area contributed by atoms with Crippen molar-refractivity contribution in [3.05, 3.63) is 35.1 Å². The Morgan fingerprint density at radius 3 is 3.10 bits per heavy atom. The zero-order chi connectivity index (χ0) is 14.2. The summed E-state index contributed by atoms with van der Waals surface area (Å²) < 4.78 is 24.6. The van der Waals surface area contributed by atoms with Crippen molar-refractivity contribution < 1.29 is 19.0 Å². The molecule has 1 heterocycles. The van der Waals surface area contributed by atoms with Gasteiger partial charge in [0.15, 0.2) is 0 Å². The fraction of sp³-hybridized carbons (Fsp3) is 0.500. The third-order valence-electron chi connectivity index (χ3n) is 3.09. The number of hydrogen-bond donors (Lipinski definition) is 1. The average molecular weight is 278 g/mol. The lowest BCUT2D eigenvalue weighted by Crippen LogP contribution is -2.13. The largest absolute Gasteiger partial charge is 0.395 e. The van der Waals surface area contributed by atoms with Crippen LogP contribution in [0.3, 0.4) is 0 Å². The number of rotatable bonds is 5. The summed E-state index contributed by atoms with van der Waals surface area (Å²) in [7, 11) is 0. The van der Waals surface area contributed by atoms with E-state index >= 15 is 0 Å². The highest BCUT2D eigenvalue weighted by molar-refractivity contribution is 5.38. The van der Waals surface area contributed by atoms with Crippen molar-refractivity contribution >= 4 is 0 Å². The molecule has 0 aliphatic carbocycles. The Balaban J connectivity index is 1.88. The van der Waals surface area contributed by atoms with E-state index in [2.05, 4.69) is 11.8 Å². The maximum Gasteiger partial charge on any atom is 0.138 e. The highest BCUT2D eigenvalue weighted by Crippen LogP contribution is 2.14. The molecule has 1 aromatic rings. The predicted molar refractivity (Wildman–Crippen MR) is 73.6 cm³/mol. The van der Waals surface area contributed by atoms with Crippen LogP contribution in [0.4, 0.5) is 4.39 Å². The zero-order valence-corrected chi connectivity index (χ0v) is 11.4. The van der Waals surface area contributed by atoms with Crippen LogP contribution in [0.5, 0.6) is 0 Å². The first-order valence-electron chi connectivity index (χ1n) is 6.87. The smallest absolute Gasteiger partial charge is 0.138 e. The van der Waals surface area contributed by atoms with Gasteiger partial charge in [0.05, 0.1) is 31.5 Å². The van der Waals surface area contributed by atoms with E-state index < -0.39 is 0 Å². The van der Waals surface area contributed by atoms with Crippen LogP contribution in [0.1, 0.15) is 30.4 Å². The maximum atomic E-state index is 13.5. The lowest BCUT2D eigenvalue weighted by atomic mass is 10.1. The van der Waals surface area contributed by atoms with Crippen molar-refractivity contribution in [2.45, 2.75) is 32.0 Å². The van der Waals surface area contributed by atoms with Crippen molar-refractivity contribution in [3.63, 3.8) is 0 Å². The first-order chi connectivity index (χ1) is 9.79. The molecule has 0 saturated carbocycles. The summed E-state index contributed by atoms with van der Waals surface area (Å²) in [6, 6.07) is 4.78. The molecule has 108 valence electrons. The van der Waals surface area contributed by atoms with Crippen LogP contribution in [-0.4, -0.2) is 31.0 Å². The molecule has 1 aromatic carbocycles. The topological polar surface area (TPSA) is 38.7 Å². The number of ether oxygens (including phenoxy) is 2. The summed E-state index contributed by atoms with van der Waals surface area (Å²) in [6.45, 7) is 1.80. The molecule has 2 rings (SSSR count). The Hall–Kier alpha value is -1.41. The monoisotopic (exact) mass is 278 g/mol. The van der Waals surface area contributed by atoms with Gasteiger partial charge < -0.3 is 14.6 Å². The van der Waals surface area contributed by atoms with Crippen molar-refractivity contribution in [2.24, 2.45) is 0 Å². The van der Waals surface area contributed by atoms with Crippen LogP contribution in [0.15, 0.2) is 18.2 Å². The lowest BCUT2D eigenvalue weighted by molar-refractivity contribution is 0.0106. The molecule has 1 saturated heterocycles. The van der Waals surface area contributed by atoms with Crippen molar-refractivity contribution in [1.29, 1.82) is 0 Å². The number of aliphatic hydroxyl groups is 1. The van der Waals surface area contributed by atoms with E-state index in [1.165, 1.54) is 6.07 Å². The minimum absolute atomic E-state index is 0.0151. The predicted octanol–water partition coefficient (Wildman–Crippen LogP) is 2.26. The number of aliphatic hydroxyl groups excluding tert-OH is 1. The number of hydrogen-bond acceptors (Lipinski definition) is 3.